The fourth-order valence-electron chi connectivity index (χ4n) is 3.13. The van der Waals surface area contributed by atoms with Gasteiger partial charge in [-0.1, -0.05) is 48.5 Å². The van der Waals surface area contributed by atoms with Crippen molar-refractivity contribution in [2.24, 2.45) is 5.10 Å². The minimum atomic E-state index is -3.50. The zero-order chi connectivity index (χ0) is 22.1. The third-order valence-corrected chi connectivity index (χ3v) is 6.74. The molecule has 8 heteroatoms. The van der Waals surface area contributed by atoms with E-state index in [1.54, 1.807) is 30.5 Å². The van der Waals surface area contributed by atoms with Crippen LogP contribution in [0.15, 0.2) is 70.2 Å². The number of aryl methyl sites for hydroxylation is 1. The van der Waals surface area contributed by atoms with E-state index >= 15 is 0 Å². The van der Waals surface area contributed by atoms with Gasteiger partial charge < -0.3 is 4.74 Å². The van der Waals surface area contributed by atoms with Gasteiger partial charge in [0.25, 0.3) is 0 Å². The number of sulfonamides is 1. The van der Waals surface area contributed by atoms with Crippen LogP contribution in [0.2, 0.25) is 0 Å². The van der Waals surface area contributed by atoms with Crippen LogP contribution in [-0.2, 0) is 26.0 Å². The molecule has 164 valence electrons. The average molecular weight is 442 g/mol. The Morgan fingerprint density at radius 2 is 1.77 bits per heavy atom. The second-order valence-corrected chi connectivity index (χ2v) is 9.19. The lowest BCUT2D eigenvalue weighted by Gasteiger charge is -2.26. The molecule has 1 amide bonds. The largest absolute Gasteiger partial charge is 0.379 e. The molecular formula is C23H27N3O4S. The van der Waals surface area contributed by atoms with Crippen LogP contribution in [0.5, 0.6) is 0 Å². The zero-order valence-electron chi connectivity index (χ0n) is 17.5. The van der Waals surface area contributed by atoms with Crippen molar-refractivity contribution in [1.29, 1.82) is 0 Å². The number of nitrogens with zero attached hydrogens (tertiary/aromatic N) is 2. The molecule has 1 N–H and O–H groups in total. The van der Waals surface area contributed by atoms with Gasteiger partial charge in [0, 0.05) is 19.5 Å². The molecule has 1 aliphatic heterocycles. The van der Waals surface area contributed by atoms with Crippen LogP contribution in [-0.4, -0.2) is 51.1 Å². The van der Waals surface area contributed by atoms with Crippen molar-refractivity contribution in [3.8, 4) is 0 Å². The van der Waals surface area contributed by atoms with Crippen molar-refractivity contribution >= 4 is 28.2 Å². The number of hydrogen-bond acceptors (Lipinski definition) is 5. The van der Waals surface area contributed by atoms with Crippen molar-refractivity contribution in [2.75, 3.05) is 26.3 Å². The first kappa shape index (κ1) is 22.9. The Balaban J connectivity index is 1.47. The molecule has 0 aliphatic carbocycles. The van der Waals surface area contributed by atoms with Crippen LogP contribution in [0.1, 0.15) is 24.5 Å². The third-order valence-electron chi connectivity index (χ3n) is 4.82. The summed E-state index contributed by atoms with van der Waals surface area (Å²) in [4.78, 5) is 12.3. The minimum absolute atomic E-state index is 0.200. The second-order valence-electron chi connectivity index (χ2n) is 7.25. The normalized spacial score (nSPS) is 15.8. The van der Waals surface area contributed by atoms with Gasteiger partial charge in [0.2, 0.25) is 15.9 Å². The predicted octanol–water partition coefficient (Wildman–Crippen LogP) is 2.85. The quantitative estimate of drug-likeness (QED) is 0.504. The number of amides is 1. The van der Waals surface area contributed by atoms with Gasteiger partial charge in [-0.2, -0.15) is 9.41 Å². The summed E-state index contributed by atoms with van der Waals surface area (Å²) in [6.07, 6.45) is 4.34. The maximum Gasteiger partial charge on any atom is 0.243 e. The number of carbonyl (C=O) groups is 1. The SMILES string of the molecule is CC(/C=N\NC(=O)CCc1ccc(S(=O)(=O)N2CCOCC2)cc1)=C/c1ccccc1. The molecule has 1 saturated heterocycles. The molecule has 0 aromatic heterocycles. The van der Waals surface area contributed by atoms with Crippen molar-refractivity contribution < 1.29 is 17.9 Å². The Kier molecular flexibility index (Phi) is 8.11. The average Bonchev–Trinajstić information content (AvgIpc) is 2.79. The van der Waals surface area contributed by atoms with Gasteiger partial charge in [0.1, 0.15) is 0 Å². The van der Waals surface area contributed by atoms with Crippen LogP contribution in [0.4, 0.5) is 0 Å². The van der Waals surface area contributed by atoms with Gasteiger partial charge in [0.05, 0.1) is 24.3 Å². The lowest BCUT2D eigenvalue weighted by atomic mass is 10.1. The standard InChI is InChI=1S/C23H27N3O4S/c1-19(17-21-5-3-2-4-6-21)18-24-25-23(27)12-9-20-7-10-22(11-8-20)31(28,29)26-13-15-30-16-14-26/h2-8,10-11,17-18H,9,12-16H2,1H3,(H,25,27)/b19-17-,24-18-. The number of carbonyl (C=O) groups excluding carboxylic acids is 1. The molecule has 3 rings (SSSR count). The van der Waals surface area contributed by atoms with E-state index < -0.39 is 10.0 Å². The summed E-state index contributed by atoms with van der Waals surface area (Å²) in [6, 6.07) is 16.5. The van der Waals surface area contributed by atoms with E-state index in [1.807, 2.05) is 43.3 Å². The number of hydrazone groups is 1. The lowest BCUT2D eigenvalue weighted by Crippen LogP contribution is -2.40. The van der Waals surface area contributed by atoms with E-state index in [1.165, 1.54) is 4.31 Å². The van der Waals surface area contributed by atoms with Crippen LogP contribution in [0.25, 0.3) is 6.08 Å². The molecule has 0 spiro atoms. The molecule has 0 bridgehead atoms. The lowest BCUT2D eigenvalue weighted by molar-refractivity contribution is -0.121. The number of morpholine rings is 1. The Morgan fingerprint density at radius 3 is 2.45 bits per heavy atom. The van der Waals surface area contributed by atoms with Crippen molar-refractivity contribution in [1.82, 2.24) is 9.73 Å². The molecule has 2 aromatic rings. The highest BCUT2D eigenvalue weighted by atomic mass is 32.2. The monoisotopic (exact) mass is 441 g/mol. The predicted molar refractivity (Wildman–Crippen MR) is 121 cm³/mol. The number of benzene rings is 2. The Morgan fingerprint density at radius 1 is 1.10 bits per heavy atom. The second kappa shape index (κ2) is 11.0. The molecule has 31 heavy (non-hydrogen) atoms. The highest BCUT2D eigenvalue weighted by molar-refractivity contribution is 7.89. The number of hydrogen-bond donors (Lipinski definition) is 1. The maximum absolute atomic E-state index is 12.6. The molecule has 1 aliphatic rings. The number of ether oxygens (including phenoxy) is 1. The van der Waals surface area contributed by atoms with Crippen LogP contribution in [0.3, 0.4) is 0 Å². The number of rotatable bonds is 8. The molecule has 2 aromatic carbocycles. The van der Waals surface area contributed by atoms with Gasteiger partial charge in [-0.15, -0.1) is 0 Å². The molecule has 0 atom stereocenters. The van der Waals surface area contributed by atoms with Gasteiger partial charge in [-0.05, 0) is 42.2 Å². The summed E-state index contributed by atoms with van der Waals surface area (Å²) in [5.41, 5.74) is 5.40. The fraction of sp³-hybridized carbons (Fsp3) is 0.304. The van der Waals surface area contributed by atoms with E-state index in [4.69, 9.17) is 4.74 Å². The summed E-state index contributed by atoms with van der Waals surface area (Å²) < 4.78 is 31.9. The zero-order valence-corrected chi connectivity index (χ0v) is 18.3. The first-order chi connectivity index (χ1) is 14.9. The summed E-state index contributed by atoms with van der Waals surface area (Å²) in [7, 11) is -3.50. The van der Waals surface area contributed by atoms with Crippen LogP contribution < -0.4 is 5.43 Å². The summed E-state index contributed by atoms with van der Waals surface area (Å²) >= 11 is 0. The summed E-state index contributed by atoms with van der Waals surface area (Å²) in [5.74, 6) is -0.200. The summed E-state index contributed by atoms with van der Waals surface area (Å²) in [5, 5.41) is 3.99. The molecule has 7 nitrogen and oxygen atoms in total. The van der Waals surface area contributed by atoms with E-state index in [0.29, 0.717) is 32.7 Å². The third kappa shape index (κ3) is 6.85. The highest BCUT2D eigenvalue weighted by Crippen LogP contribution is 2.18. The van der Waals surface area contributed by atoms with E-state index in [9.17, 15) is 13.2 Å². The van der Waals surface area contributed by atoms with Crippen LogP contribution in [0, 0.1) is 0 Å². The number of allylic oxidation sites excluding steroid dienone is 1. The van der Waals surface area contributed by atoms with Crippen molar-refractivity contribution in [2.45, 2.75) is 24.7 Å². The highest BCUT2D eigenvalue weighted by Gasteiger charge is 2.26. The van der Waals surface area contributed by atoms with Gasteiger partial charge in [0.15, 0.2) is 0 Å². The summed E-state index contributed by atoms with van der Waals surface area (Å²) in [6.45, 7) is 3.47. The van der Waals surface area contributed by atoms with Crippen molar-refractivity contribution in [3.05, 3.63) is 71.3 Å². The first-order valence-corrected chi connectivity index (χ1v) is 11.6. The number of nitrogens with one attached hydrogen (secondary N) is 1. The molecule has 0 saturated carbocycles. The molecule has 0 unspecified atom stereocenters. The first-order valence-electron chi connectivity index (χ1n) is 10.2. The molecule has 1 heterocycles. The van der Waals surface area contributed by atoms with Crippen molar-refractivity contribution in [3.63, 3.8) is 0 Å². The van der Waals surface area contributed by atoms with Crippen LogP contribution >= 0.6 is 0 Å². The van der Waals surface area contributed by atoms with Gasteiger partial charge in [-0.25, -0.2) is 13.8 Å². The van der Waals surface area contributed by atoms with E-state index in [2.05, 4.69) is 10.5 Å². The Hall–Kier alpha value is -2.81. The molecule has 0 radical (unpaired) electrons. The molecular weight excluding hydrogens is 414 g/mol. The molecule has 1 fully saturated rings. The fourth-order valence-corrected chi connectivity index (χ4v) is 4.54. The van der Waals surface area contributed by atoms with E-state index in [-0.39, 0.29) is 17.2 Å². The minimum Gasteiger partial charge on any atom is -0.379 e. The van der Waals surface area contributed by atoms with E-state index in [0.717, 1.165) is 16.7 Å². The van der Waals surface area contributed by atoms with Gasteiger partial charge >= 0.3 is 0 Å². The Labute approximate surface area is 183 Å². The topological polar surface area (TPSA) is 88.1 Å². The smallest absolute Gasteiger partial charge is 0.243 e. The maximum atomic E-state index is 12.6. The van der Waals surface area contributed by atoms with Gasteiger partial charge in [-0.3, -0.25) is 4.79 Å². The Bertz CT molecular complexity index is 1030.